The SMILES string of the molecule is [CH2]CC(F)(F)C[C@H](F)CF. The Kier molecular flexibility index (Phi) is 3.68. The van der Waals surface area contributed by atoms with E-state index in [9.17, 15) is 17.6 Å². The standard InChI is InChI=1S/C6H9F4/c1-2-6(9,10)3-5(8)4-7/h5H,1-4H2/t5-/m0/s1. The number of halogens is 4. The Hall–Kier alpha value is -0.280. The van der Waals surface area contributed by atoms with E-state index in [4.69, 9.17) is 0 Å². The fourth-order valence-corrected chi connectivity index (χ4v) is 0.481. The molecule has 0 aliphatic heterocycles. The fourth-order valence-electron chi connectivity index (χ4n) is 0.481. The smallest absolute Gasteiger partial charge is 0.248 e. The van der Waals surface area contributed by atoms with E-state index in [0.29, 0.717) is 0 Å². The molecule has 0 bridgehead atoms. The molecule has 0 amide bonds. The topological polar surface area (TPSA) is 0 Å². The molecular formula is C6H9F4. The van der Waals surface area contributed by atoms with Gasteiger partial charge in [0, 0.05) is 12.8 Å². The molecule has 0 aromatic carbocycles. The van der Waals surface area contributed by atoms with Crippen molar-refractivity contribution in [1.29, 1.82) is 0 Å². The number of hydrogen-bond acceptors (Lipinski definition) is 0. The third kappa shape index (κ3) is 3.69. The first-order chi connectivity index (χ1) is 4.52. The summed E-state index contributed by atoms with van der Waals surface area (Å²) < 4.78 is 47.5. The Morgan fingerprint density at radius 3 is 2.20 bits per heavy atom. The molecule has 1 atom stereocenters. The van der Waals surface area contributed by atoms with Crippen LogP contribution in [0.4, 0.5) is 17.6 Å². The van der Waals surface area contributed by atoms with Crippen molar-refractivity contribution in [3.63, 3.8) is 0 Å². The third-order valence-electron chi connectivity index (χ3n) is 1.05. The van der Waals surface area contributed by atoms with Gasteiger partial charge >= 0.3 is 0 Å². The molecule has 61 valence electrons. The molecular weight excluding hydrogens is 148 g/mol. The summed E-state index contributed by atoms with van der Waals surface area (Å²) in [6, 6.07) is 0. The lowest BCUT2D eigenvalue weighted by molar-refractivity contribution is -0.0290. The highest BCUT2D eigenvalue weighted by Crippen LogP contribution is 2.24. The van der Waals surface area contributed by atoms with Crippen LogP contribution in [0, 0.1) is 6.92 Å². The Balaban J connectivity index is 3.64. The van der Waals surface area contributed by atoms with Gasteiger partial charge < -0.3 is 0 Å². The highest BCUT2D eigenvalue weighted by Gasteiger charge is 2.30. The molecule has 0 saturated carbocycles. The summed E-state index contributed by atoms with van der Waals surface area (Å²) in [5, 5.41) is 0. The minimum Gasteiger partial charge on any atom is -0.248 e. The quantitative estimate of drug-likeness (QED) is 0.550. The molecule has 1 radical (unpaired) electrons. The van der Waals surface area contributed by atoms with Crippen molar-refractivity contribution in [2.45, 2.75) is 24.9 Å². The first-order valence-corrected chi connectivity index (χ1v) is 2.89. The van der Waals surface area contributed by atoms with E-state index in [0.717, 1.165) is 0 Å². The van der Waals surface area contributed by atoms with Crippen LogP contribution in [-0.2, 0) is 0 Å². The van der Waals surface area contributed by atoms with Gasteiger partial charge in [-0.15, -0.1) is 0 Å². The minimum absolute atomic E-state index is 0.687. The van der Waals surface area contributed by atoms with Crippen molar-refractivity contribution < 1.29 is 17.6 Å². The maximum Gasteiger partial charge on any atom is 0.251 e. The summed E-state index contributed by atoms with van der Waals surface area (Å²) >= 11 is 0. The molecule has 10 heavy (non-hydrogen) atoms. The van der Waals surface area contributed by atoms with Crippen molar-refractivity contribution in [3.05, 3.63) is 6.92 Å². The van der Waals surface area contributed by atoms with Crippen LogP contribution < -0.4 is 0 Å². The molecule has 0 aromatic heterocycles. The van der Waals surface area contributed by atoms with E-state index in [1.807, 2.05) is 0 Å². The van der Waals surface area contributed by atoms with Crippen LogP contribution in [0.3, 0.4) is 0 Å². The number of rotatable bonds is 4. The molecule has 0 aliphatic carbocycles. The monoisotopic (exact) mass is 157 g/mol. The lowest BCUT2D eigenvalue weighted by Gasteiger charge is -2.14. The van der Waals surface area contributed by atoms with E-state index >= 15 is 0 Å². The first kappa shape index (κ1) is 9.72. The van der Waals surface area contributed by atoms with Gasteiger partial charge in [-0.2, -0.15) is 0 Å². The highest BCUT2D eigenvalue weighted by molar-refractivity contribution is 4.71. The summed E-state index contributed by atoms with van der Waals surface area (Å²) in [6.07, 6.45) is -3.81. The Bertz CT molecular complexity index is 91.7. The molecule has 0 saturated heterocycles. The molecule has 0 spiro atoms. The number of alkyl halides is 4. The molecule has 0 fully saturated rings. The Morgan fingerprint density at radius 2 is 1.90 bits per heavy atom. The van der Waals surface area contributed by atoms with E-state index in [2.05, 4.69) is 6.92 Å². The van der Waals surface area contributed by atoms with Gasteiger partial charge in [0.05, 0.1) is 0 Å². The molecule has 0 aliphatic rings. The van der Waals surface area contributed by atoms with Crippen LogP contribution >= 0.6 is 0 Å². The zero-order valence-electron chi connectivity index (χ0n) is 5.42. The second kappa shape index (κ2) is 3.78. The van der Waals surface area contributed by atoms with Crippen molar-refractivity contribution in [2.24, 2.45) is 0 Å². The van der Waals surface area contributed by atoms with Crippen molar-refractivity contribution in [2.75, 3.05) is 6.67 Å². The summed E-state index contributed by atoms with van der Waals surface area (Å²) in [7, 11) is 0. The molecule has 0 nitrogen and oxygen atoms in total. The zero-order chi connectivity index (χ0) is 8.20. The van der Waals surface area contributed by atoms with E-state index in [-0.39, 0.29) is 0 Å². The summed E-state index contributed by atoms with van der Waals surface area (Å²) in [4.78, 5) is 0. The van der Waals surface area contributed by atoms with Crippen LogP contribution in [0.5, 0.6) is 0 Å². The third-order valence-corrected chi connectivity index (χ3v) is 1.05. The maximum absolute atomic E-state index is 12.1. The molecule has 0 N–H and O–H groups in total. The van der Waals surface area contributed by atoms with Gasteiger partial charge in [-0.25, -0.2) is 17.6 Å². The van der Waals surface area contributed by atoms with Crippen LogP contribution in [0.25, 0.3) is 0 Å². The second-order valence-corrected chi connectivity index (χ2v) is 2.06. The first-order valence-electron chi connectivity index (χ1n) is 2.89. The fraction of sp³-hybridized carbons (Fsp3) is 0.833. The van der Waals surface area contributed by atoms with Gasteiger partial charge in [-0.3, -0.25) is 0 Å². The molecule has 4 heteroatoms. The molecule has 0 heterocycles. The Labute approximate surface area is 57.2 Å². The van der Waals surface area contributed by atoms with Gasteiger partial charge in [0.25, 0.3) is 5.92 Å². The van der Waals surface area contributed by atoms with Crippen LogP contribution in [0.2, 0.25) is 0 Å². The van der Waals surface area contributed by atoms with Gasteiger partial charge in [0.15, 0.2) is 0 Å². The van der Waals surface area contributed by atoms with E-state index < -0.39 is 31.6 Å². The van der Waals surface area contributed by atoms with Crippen molar-refractivity contribution >= 4 is 0 Å². The highest BCUT2D eigenvalue weighted by atomic mass is 19.3. The van der Waals surface area contributed by atoms with Crippen molar-refractivity contribution in [1.82, 2.24) is 0 Å². The zero-order valence-corrected chi connectivity index (χ0v) is 5.42. The maximum atomic E-state index is 12.1. The van der Waals surface area contributed by atoms with Gasteiger partial charge in [0.1, 0.15) is 12.8 Å². The lowest BCUT2D eigenvalue weighted by Crippen LogP contribution is -2.21. The second-order valence-electron chi connectivity index (χ2n) is 2.06. The average molecular weight is 157 g/mol. The lowest BCUT2D eigenvalue weighted by atomic mass is 10.1. The van der Waals surface area contributed by atoms with Crippen molar-refractivity contribution in [3.8, 4) is 0 Å². The van der Waals surface area contributed by atoms with E-state index in [1.54, 1.807) is 0 Å². The average Bonchev–Trinajstić information content (AvgIpc) is 1.87. The summed E-state index contributed by atoms with van der Waals surface area (Å²) in [6.45, 7) is 1.55. The predicted molar refractivity (Wildman–Crippen MR) is 30.4 cm³/mol. The number of hydrogen-bond donors (Lipinski definition) is 0. The van der Waals surface area contributed by atoms with Gasteiger partial charge in [-0.05, 0) is 6.92 Å². The molecule has 0 unspecified atom stereocenters. The van der Waals surface area contributed by atoms with Crippen LogP contribution in [-0.4, -0.2) is 18.8 Å². The predicted octanol–water partition coefficient (Wildman–Crippen LogP) is 2.54. The van der Waals surface area contributed by atoms with Crippen LogP contribution in [0.1, 0.15) is 12.8 Å². The summed E-state index contributed by atoms with van der Waals surface area (Å²) in [5.74, 6) is -3.16. The normalized spacial score (nSPS) is 15.3. The minimum atomic E-state index is -3.16. The molecule has 0 aromatic rings. The largest absolute Gasteiger partial charge is 0.251 e. The van der Waals surface area contributed by atoms with Crippen LogP contribution in [0.15, 0.2) is 0 Å². The molecule has 0 rings (SSSR count). The summed E-state index contributed by atoms with van der Waals surface area (Å²) in [5.41, 5.74) is 0. The van der Waals surface area contributed by atoms with Gasteiger partial charge in [0.2, 0.25) is 0 Å². The van der Waals surface area contributed by atoms with Gasteiger partial charge in [-0.1, -0.05) is 0 Å². The van der Waals surface area contributed by atoms with E-state index in [1.165, 1.54) is 0 Å². The Morgan fingerprint density at radius 1 is 1.40 bits per heavy atom.